The van der Waals surface area contributed by atoms with E-state index in [1.807, 2.05) is 43.0 Å². The number of carbonyl (C=O) groups excluding carboxylic acids is 1. The SMILES string of the molecule is Cc1ccccc1N(Cc1nc[nH]c1C)C(=O)C1CCOC1. The van der Waals surface area contributed by atoms with E-state index in [2.05, 4.69) is 9.97 Å². The monoisotopic (exact) mass is 299 g/mol. The number of nitrogens with zero attached hydrogens (tertiary/aromatic N) is 2. The number of imidazole rings is 1. The Labute approximate surface area is 130 Å². The molecule has 1 fully saturated rings. The van der Waals surface area contributed by atoms with E-state index in [1.165, 1.54) is 0 Å². The summed E-state index contributed by atoms with van der Waals surface area (Å²) in [4.78, 5) is 22.2. The topological polar surface area (TPSA) is 58.2 Å². The summed E-state index contributed by atoms with van der Waals surface area (Å²) < 4.78 is 5.38. The Morgan fingerprint density at radius 3 is 2.86 bits per heavy atom. The molecule has 2 aromatic rings. The summed E-state index contributed by atoms with van der Waals surface area (Å²) in [7, 11) is 0. The van der Waals surface area contributed by atoms with Gasteiger partial charge in [-0.15, -0.1) is 0 Å². The van der Waals surface area contributed by atoms with Crippen LogP contribution in [0.5, 0.6) is 0 Å². The van der Waals surface area contributed by atoms with E-state index in [9.17, 15) is 4.79 Å². The van der Waals surface area contributed by atoms with E-state index in [4.69, 9.17) is 4.74 Å². The number of rotatable bonds is 4. The molecular weight excluding hydrogens is 278 g/mol. The van der Waals surface area contributed by atoms with Crippen molar-refractivity contribution in [3.63, 3.8) is 0 Å². The molecule has 0 spiro atoms. The molecular formula is C17H21N3O2. The maximum Gasteiger partial charge on any atom is 0.232 e. The molecule has 1 aromatic carbocycles. The molecule has 5 heteroatoms. The Morgan fingerprint density at radius 2 is 2.23 bits per heavy atom. The van der Waals surface area contributed by atoms with Crippen LogP contribution in [0.4, 0.5) is 5.69 Å². The van der Waals surface area contributed by atoms with Crippen molar-refractivity contribution >= 4 is 11.6 Å². The van der Waals surface area contributed by atoms with Crippen LogP contribution in [0.2, 0.25) is 0 Å². The first-order valence-corrected chi connectivity index (χ1v) is 7.60. The zero-order valence-electron chi connectivity index (χ0n) is 13.0. The van der Waals surface area contributed by atoms with Gasteiger partial charge in [0.05, 0.1) is 31.1 Å². The molecule has 1 aliphatic heterocycles. The Bertz CT molecular complexity index is 659. The maximum absolute atomic E-state index is 12.9. The number of anilines is 1. The summed E-state index contributed by atoms with van der Waals surface area (Å²) in [6.45, 7) is 5.66. The van der Waals surface area contributed by atoms with Crippen LogP contribution in [0.15, 0.2) is 30.6 Å². The van der Waals surface area contributed by atoms with E-state index in [0.717, 1.165) is 29.1 Å². The van der Waals surface area contributed by atoms with Crippen LogP contribution in [0.3, 0.4) is 0 Å². The zero-order chi connectivity index (χ0) is 15.5. The van der Waals surface area contributed by atoms with Gasteiger partial charge in [0.2, 0.25) is 5.91 Å². The number of H-pyrrole nitrogens is 1. The molecule has 1 amide bonds. The van der Waals surface area contributed by atoms with Crippen LogP contribution < -0.4 is 4.90 Å². The number of para-hydroxylation sites is 1. The highest BCUT2D eigenvalue weighted by atomic mass is 16.5. The van der Waals surface area contributed by atoms with Crippen molar-refractivity contribution < 1.29 is 9.53 Å². The van der Waals surface area contributed by atoms with Gasteiger partial charge < -0.3 is 14.6 Å². The van der Waals surface area contributed by atoms with Crippen LogP contribution in [-0.2, 0) is 16.1 Å². The molecule has 0 radical (unpaired) electrons. The summed E-state index contributed by atoms with van der Waals surface area (Å²) in [5, 5.41) is 0. The molecule has 22 heavy (non-hydrogen) atoms. The van der Waals surface area contributed by atoms with Crippen molar-refractivity contribution in [2.45, 2.75) is 26.8 Å². The lowest BCUT2D eigenvalue weighted by Crippen LogP contribution is -2.36. The molecule has 3 rings (SSSR count). The van der Waals surface area contributed by atoms with Crippen molar-refractivity contribution in [2.24, 2.45) is 5.92 Å². The minimum absolute atomic E-state index is 0.0566. The van der Waals surface area contributed by atoms with Gasteiger partial charge >= 0.3 is 0 Å². The number of aromatic nitrogens is 2. The molecule has 0 aliphatic carbocycles. The van der Waals surface area contributed by atoms with E-state index in [0.29, 0.717) is 19.8 Å². The average molecular weight is 299 g/mol. The number of hydrogen-bond donors (Lipinski definition) is 1. The standard InChI is InChI=1S/C17H21N3O2/c1-12-5-3-4-6-16(12)20(9-15-13(2)18-11-19-15)17(21)14-7-8-22-10-14/h3-6,11,14H,7-10H2,1-2H3,(H,18,19). The van der Waals surface area contributed by atoms with Crippen molar-refractivity contribution in [1.82, 2.24) is 9.97 Å². The number of nitrogens with one attached hydrogen (secondary N) is 1. The largest absolute Gasteiger partial charge is 0.381 e. The van der Waals surface area contributed by atoms with Gasteiger partial charge in [-0.25, -0.2) is 4.98 Å². The average Bonchev–Trinajstić information content (AvgIpc) is 3.17. The van der Waals surface area contributed by atoms with E-state index in [-0.39, 0.29) is 11.8 Å². The fourth-order valence-corrected chi connectivity index (χ4v) is 2.79. The molecule has 1 unspecified atom stereocenters. The van der Waals surface area contributed by atoms with Gasteiger partial charge in [-0.1, -0.05) is 18.2 Å². The predicted molar refractivity (Wildman–Crippen MR) is 84.6 cm³/mol. The fraction of sp³-hybridized carbons (Fsp3) is 0.412. The lowest BCUT2D eigenvalue weighted by molar-refractivity contribution is -0.122. The molecule has 2 heterocycles. The summed E-state index contributed by atoms with van der Waals surface area (Å²) >= 11 is 0. The summed E-state index contributed by atoms with van der Waals surface area (Å²) in [5.74, 6) is 0.0630. The lowest BCUT2D eigenvalue weighted by atomic mass is 10.1. The second kappa shape index (κ2) is 6.32. The second-order valence-electron chi connectivity index (χ2n) is 5.75. The molecule has 1 N–H and O–H groups in total. The minimum Gasteiger partial charge on any atom is -0.381 e. The van der Waals surface area contributed by atoms with E-state index >= 15 is 0 Å². The molecule has 5 nitrogen and oxygen atoms in total. The van der Waals surface area contributed by atoms with Crippen molar-refractivity contribution in [1.29, 1.82) is 0 Å². The van der Waals surface area contributed by atoms with Crippen LogP contribution in [-0.4, -0.2) is 29.1 Å². The highest BCUT2D eigenvalue weighted by Gasteiger charge is 2.30. The first kappa shape index (κ1) is 14.8. The number of ether oxygens (including phenoxy) is 1. The molecule has 116 valence electrons. The number of amides is 1. The van der Waals surface area contributed by atoms with Gasteiger partial charge in [0.25, 0.3) is 0 Å². The third kappa shape index (κ3) is 2.90. The highest BCUT2D eigenvalue weighted by Crippen LogP contribution is 2.26. The summed E-state index contributed by atoms with van der Waals surface area (Å²) in [6.07, 6.45) is 2.46. The molecule has 0 saturated carbocycles. The molecule has 1 atom stereocenters. The highest BCUT2D eigenvalue weighted by molar-refractivity contribution is 5.95. The van der Waals surface area contributed by atoms with Crippen LogP contribution >= 0.6 is 0 Å². The Kier molecular flexibility index (Phi) is 4.24. The molecule has 1 saturated heterocycles. The van der Waals surface area contributed by atoms with Gasteiger partial charge in [-0.3, -0.25) is 4.79 Å². The van der Waals surface area contributed by atoms with Crippen LogP contribution in [0, 0.1) is 19.8 Å². The Morgan fingerprint density at radius 1 is 1.41 bits per heavy atom. The van der Waals surface area contributed by atoms with Crippen LogP contribution in [0.25, 0.3) is 0 Å². The van der Waals surface area contributed by atoms with Gasteiger partial charge in [0.1, 0.15) is 0 Å². The maximum atomic E-state index is 12.9. The van der Waals surface area contributed by atoms with Gasteiger partial charge in [-0.2, -0.15) is 0 Å². The van der Waals surface area contributed by atoms with E-state index < -0.39 is 0 Å². The van der Waals surface area contributed by atoms with Crippen molar-refractivity contribution in [3.8, 4) is 0 Å². The zero-order valence-corrected chi connectivity index (χ0v) is 13.0. The number of benzene rings is 1. The number of aryl methyl sites for hydroxylation is 2. The lowest BCUT2D eigenvalue weighted by Gasteiger charge is -2.26. The summed E-state index contributed by atoms with van der Waals surface area (Å²) in [6, 6.07) is 7.97. The number of carbonyl (C=O) groups is 1. The van der Waals surface area contributed by atoms with Gasteiger partial charge in [0, 0.05) is 18.0 Å². The second-order valence-corrected chi connectivity index (χ2v) is 5.75. The Balaban J connectivity index is 1.93. The fourth-order valence-electron chi connectivity index (χ4n) is 2.79. The predicted octanol–water partition coefficient (Wildman–Crippen LogP) is 2.60. The normalized spacial score (nSPS) is 17.6. The van der Waals surface area contributed by atoms with Crippen molar-refractivity contribution in [3.05, 3.63) is 47.5 Å². The molecule has 0 bridgehead atoms. The van der Waals surface area contributed by atoms with E-state index in [1.54, 1.807) is 6.33 Å². The Hall–Kier alpha value is -2.14. The van der Waals surface area contributed by atoms with Crippen molar-refractivity contribution in [2.75, 3.05) is 18.1 Å². The van der Waals surface area contributed by atoms with Gasteiger partial charge in [0.15, 0.2) is 0 Å². The van der Waals surface area contributed by atoms with Crippen LogP contribution in [0.1, 0.15) is 23.4 Å². The molecule has 1 aliphatic rings. The number of hydrogen-bond acceptors (Lipinski definition) is 3. The quantitative estimate of drug-likeness (QED) is 0.944. The number of aromatic amines is 1. The third-order valence-corrected chi connectivity index (χ3v) is 4.19. The minimum atomic E-state index is -0.0566. The summed E-state index contributed by atoms with van der Waals surface area (Å²) in [5.41, 5.74) is 3.93. The first-order chi connectivity index (χ1) is 10.7. The first-order valence-electron chi connectivity index (χ1n) is 7.60. The smallest absolute Gasteiger partial charge is 0.232 e. The third-order valence-electron chi connectivity index (χ3n) is 4.19. The molecule has 1 aromatic heterocycles. The van der Waals surface area contributed by atoms with Gasteiger partial charge in [-0.05, 0) is 31.9 Å².